The molecule has 114 valence electrons. The van der Waals surface area contributed by atoms with Gasteiger partial charge in [0.25, 0.3) is 0 Å². The first-order valence-electron chi connectivity index (χ1n) is 7.43. The van der Waals surface area contributed by atoms with E-state index in [1.54, 1.807) is 0 Å². The van der Waals surface area contributed by atoms with E-state index in [2.05, 4.69) is 0 Å². The third kappa shape index (κ3) is 3.14. The highest BCUT2D eigenvalue weighted by Gasteiger charge is 2.41. The van der Waals surface area contributed by atoms with Gasteiger partial charge in [-0.1, -0.05) is 0 Å². The van der Waals surface area contributed by atoms with E-state index in [0.29, 0.717) is 26.1 Å². The van der Waals surface area contributed by atoms with Crippen LogP contribution >= 0.6 is 0 Å². The lowest BCUT2D eigenvalue weighted by atomic mass is 10.0. The first-order chi connectivity index (χ1) is 9.18. The van der Waals surface area contributed by atoms with Crippen molar-refractivity contribution in [2.45, 2.75) is 58.8 Å². The maximum Gasteiger partial charge on any atom is 0.228 e. The van der Waals surface area contributed by atoms with Gasteiger partial charge < -0.3 is 14.5 Å². The number of amides is 2. The normalized spacial score (nSPS) is 31.9. The summed E-state index contributed by atoms with van der Waals surface area (Å²) in [6.45, 7) is 11.8. The molecule has 0 aromatic heterocycles. The van der Waals surface area contributed by atoms with E-state index in [4.69, 9.17) is 4.74 Å². The number of rotatable bonds is 1. The highest BCUT2D eigenvalue weighted by Crippen LogP contribution is 2.27. The molecule has 0 saturated carbocycles. The molecular weight excluding hydrogens is 256 g/mol. The zero-order chi connectivity index (χ0) is 15.1. The maximum absolute atomic E-state index is 12.6. The first-order valence-corrected chi connectivity index (χ1v) is 7.43. The summed E-state index contributed by atoms with van der Waals surface area (Å²) in [5.74, 6) is -0.00321. The molecule has 3 atom stereocenters. The zero-order valence-corrected chi connectivity index (χ0v) is 13.2. The molecule has 2 amide bonds. The van der Waals surface area contributed by atoms with Gasteiger partial charge in [-0.05, 0) is 34.6 Å². The summed E-state index contributed by atoms with van der Waals surface area (Å²) in [6, 6.07) is 0. The summed E-state index contributed by atoms with van der Waals surface area (Å²) in [5, 5.41) is 0. The second-order valence-corrected chi connectivity index (χ2v) is 7.08. The van der Waals surface area contributed by atoms with Crippen molar-refractivity contribution < 1.29 is 14.3 Å². The van der Waals surface area contributed by atoms with E-state index in [1.165, 1.54) is 0 Å². The van der Waals surface area contributed by atoms with E-state index in [-0.39, 0.29) is 35.5 Å². The molecule has 5 heteroatoms. The van der Waals surface area contributed by atoms with Gasteiger partial charge in [0.15, 0.2) is 0 Å². The lowest BCUT2D eigenvalue weighted by Gasteiger charge is -2.37. The third-order valence-electron chi connectivity index (χ3n) is 4.02. The average molecular weight is 282 g/mol. The van der Waals surface area contributed by atoms with Crippen LogP contribution in [0.2, 0.25) is 0 Å². The molecule has 5 nitrogen and oxygen atoms in total. The van der Waals surface area contributed by atoms with E-state index < -0.39 is 0 Å². The zero-order valence-electron chi connectivity index (χ0n) is 13.2. The fourth-order valence-electron chi connectivity index (χ4n) is 3.14. The molecule has 20 heavy (non-hydrogen) atoms. The van der Waals surface area contributed by atoms with E-state index >= 15 is 0 Å². The van der Waals surface area contributed by atoms with Crippen LogP contribution in [0, 0.1) is 5.92 Å². The molecule has 0 aromatic carbocycles. The fraction of sp³-hybridized carbons (Fsp3) is 0.867. The van der Waals surface area contributed by atoms with Crippen LogP contribution in [0.1, 0.15) is 41.0 Å². The van der Waals surface area contributed by atoms with Crippen molar-refractivity contribution >= 4 is 11.8 Å². The number of carbonyl (C=O) groups excluding carboxylic acids is 2. The first kappa shape index (κ1) is 15.3. The molecule has 0 bridgehead atoms. The van der Waals surface area contributed by atoms with Crippen molar-refractivity contribution in [3.63, 3.8) is 0 Å². The summed E-state index contributed by atoms with van der Waals surface area (Å²) in [5.41, 5.74) is -0.211. The monoisotopic (exact) mass is 282 g/mol. The van der Waals surface area contributed by atoms with Crippen LogP contribution in [-0.2, 0) is 14.3 Å². The van der Waals surface area contributed by atoms with Crippen LogP contribution in [0.5, 0.6) is 0 Å². The highest BCUT2D eigenvalue weighted by atomic mass is 16.5. The van der Waals surface area contributed by atoms with Crippen molar-refractivity contribution in [2.24, 2.45) is 5.92 Å². The minimum atomic E-state index is -0.211. The smallest absolute Gasteiger partial charge is 0.228 e. The minimum Gasteiger partial charge on any atom is -0.372 e. The van der Waals surface area contributed by atoms with Gasteiger partial charge in [-0.15, -0.1) is 0 Å². The summed E-state index contributed by atoms with van der Waals surface area (Å²) in [6.07, 6.45) is 0.480. The Kier molecular flexibility index (Phi) is 4.09. The molecule has 2 aliphatic heterocycles. The number of ether oxygens (including phenoxy) is 1. The SMILES string of the molecule is CC1CN(C(=O)C2CC(=O)N(C(C)(C)C)C2)CC(C)O1. The molecule has 2 heterocycles. The molecule has 2 rings (SSSR count). The van der Waals surface area contributed by atoms with Gasteiger partial charge in [-0.3, -0.25) is 9.59 Å². The Labute approximate surface area is 121 Å². The van der Waals surface area contributed by atoms with Crippen LogP contribution in [0.3, 0.4) is 0 Å². The van der Waals surface area contributed by atoms with Crippen molar-refractivity contribution in [1.29, 1.82) is 0 Å². The molecule has 3 unspecified atom stereocenters. The predicted molar refractivity (Wildman–Crippen MR) is 76.2 cm³/mol. The molecule has 0 radical (unpaired) electrons. The minimum absolute atomic E-state index is 0.0681. The second kappa shape index (κ2) is 5.35. The van der Waals surface area contributed by atoms with Crippen LogP contribution < -0.4 is 0 Å². The standard InChI is InChI=1S/C15H26N2O3/c1-10-7-16(8-11(2)20-10)14(19)12-6-13(18)17(9-12)15(3,4)5/h10-12H,6-9H2,1-5H3. The molecule has 0 aliphatic carbocycles. The number of nitrogens with zero attached hydrogens (tertiary/aromatic N) is 2. The van der Waals surface area contributed by atoms with Gasteiger partial charge in [0.2, 0.25) is 11.8 Å². The number of morpholine rings is 1. The summed E-state index contributed by atoms with van der Waals surface area (Å²) < 4.78 is 5.65. The van der Waals surface area contributed by atoms with Crippen LogP contribution in [0.15, 0.2) is 0 Å². The molecule has 0 spiro atoms. The van der Waals surface area contributed by atoms with E-state index in [9.17, 15) is 9.59 Å². The van der Waals surface area contributed by atoms with Gasteiger partial charge in [-0.2, -0.15) is 0 Å². The number of carbonyl (C=O) groups is 2. The second-order valence-electron chi connectivity index (χ2n) is 7.08. The summed E-state index contributed by atoms with van der Waals surface area (Å²) >= 11 is 0. The van der Waals surface area contributed by atoms with Crippen molar-refractivity contribution in [3.8, 4) is 0 Å². The highest BCUT2D eigenvalue weighted by molar-refractivity contribution is 5.89. The number of likely N-dealkylation sites (tertiary alicyclic amines) is 1. The Morgan fingerprint density at radius 1 is 1.15 bits per heavy atom. The van der Waals surface area contributed by atoms with Gasteiger partial charge in [0.1, 0.15) is 0 Å². The largest absolute Gasteiger partial charge is 0.372 e. The van der Waals surface area contributed by atoms with Crippen molar-refractivity contribution in [2.75, 3.05) is 19.6 Å². The lowest BCUT2D eigenvalue weighted by Crippen LogP contribution is -2.50. The summed E-state index contributed by atoms with van der Waals surface area (Å²) in [7, 11) is 0. The molecule has 2 fully saturated rings. The van der Waals surface area contributed by atoms with Crippen LogP contribution in [0.25, 0.3) is 0 Å². The summed E-state index contributed by atoms with van der Waals surface area (Å²) in [4.78, 5) is 28.4. The van der Waals surface area contributed by atoms with Gasteiger partial charge in [0, 0.05) is 31.6 Å². The van der Waals surface area contributed by atoms with Crippen LogP contribution in [-0.4, -0.2) is 59.0 Å². The van der Waals surface area contributed by atoms with Gasteiger partial charge >= 0.3 is 0 Å². The third-order valence-corrected chi connectivity index (χ3v) is 4.02. The Bertz CT molecular complexity index is 392. The lowest BCUT2D eigenvalue weighted by molar-refractivity contribution is -0.147. The Hall–Kier alpha value is -1.10. The Balaban J connectivity index is 2.02. The van der Waals surface area contributed by atoms with Crippen molar-refractivity contribution in [1.82, 2.24) is 9.80 Å². The van der Waals surface area contributed by atoms with Crippen molar-refractivity contribution in [3.05, 3.63) is 0 Å². The van der Waals surface area contributed by atoms with Crippen LogP contribution in [0.4, 0.5) is 0 Å². The van der Waals surface area contributed by atoms with E-state index in [1.807, 2.05) is 44.4 Å². The fourth-order valence-corrected chi connectivity index (χ4v) is 3.14. The Morgan fingerprint density at radius 2 is 1.70 bits per heavy atom. The quantitative estimate of drug-likeness (QED) is 0.728. The number of hydrogen-bond acceptors (Lipinski definition) is 3. The maximum atomic E-state index is 12.6. The molecule has 0 aromatic rings. The molecule has 0 N–H and O–H groups in total. The average Bonchev–Trinajstić information content (AvgIpc) is 2.68. The van der Waals surface area contributed by atoms with Gasteiger partial charge in [0.05, 0.1) is 18.1 Å². The molecular formula is C15H26N2O3. The Morgan fingerprint density at radius 3 is 2.15 bits per heavy atom. The molecule has 2 saturated heterocycles. The predicted octanol–water partition coefficient (Wildman–Crippen LogP) is 1.27. The molecule has 2 aliphatic rings. The topological polar surface area (TPSA) is 49.9 Å². The van der Waals surface area contributed by atoms with Gasteiger partial charge in [-0.25, -0.2) is 0 Å². The van der Waals surface area contributed by atoms with E-state index in [0.717, 1.165) is 0 Å². The number of hydrogen-bond donors (Lipinski definition) is 0.